The molecule has 0 aromatic heterocycles. The highest BCUT2D eigenvalue weighted by atomic mass is 16.7. The smallest absolute Gasteiger partial charge is 0.488 e. The van der Waals surface area contributed by atoms with Crippen LogP contribution in [-0.2, 0) is 9.31 Å². The second-order valence-corrected chi connectivity index (χ2v) is 6.91. The molecule has 1 aromatic rings. The molecule has 2 aliphatic rings. The van der Waals surface area contributed by atoms with Crippen molar-refractivity contribution >= 4 is 18.3 Å². The number of nitrogens with one attached hydrogen (secondary N) is 1. The minimum atomic E-state index is -0.345. The molecule has 0 unspecified atom stereocenters. The molecule has 0 atom stereocenters. The van der Waals surface area contributed by atoms with Gasteiger partial charge in [-0.15, -0.1) is 0 Å². The Bertz CT molecular complexity index is 524. The summed E-state index contributed by atoms with van der Waals surface area (Å²) in [6, 6.07) is 6.10. The third kappa shape index (κ3) is 2.77. The highest BCUT2D eigenvalue weighted by Gasteiger charge is 2.51. The molecule has 3 rings (SSSR count). The van der Waals surface area contributed by atoms with Crippen LogP contribution >= 0.6 is 0 Å². The van der Waals surface area contributed by atoms with Gasteiger partial charge in [0, 0.05) is 7.05 Å². The number of ether oxygens (including phenoxy) is 1. The Hall–Kier alpha value is -1.20. The lowest BCUT2D eigenvalue weighted by Gasteiger charge is -2.32. The Morgan fingerprint density at radius 1 is 1.14 bits per heavy atom. The highest BCUT2D eigenvalue weighted by Crippen LogP contribution is 2.37. The SMILES string of the molecule is CNc1ccc(B2OC(C)(C)C(C)(C)O2)cc1OC1CC1. The number of benzene rings is 1. The van der Waals surface area contributed by atoms with E-state index in [4.69, 9.17) is 14.0 Å². The van der Waals surface area contributed by atoms with E-state index < -0.39 is 0 Å². The molecule has 0 bridgehead atoms. The van der Waals surface area contributed by atoms with E-state index in [-0.39, 0.29) is 18.3 Å². The first kappa shape index (κ1) is 14.7. The lowest BCUT2D eigenvalue weighted by molar-refractivity contribution is 0.00578. The molecule has 5 heteroatoms. The predicted molar refractivity (Wildman–Crippen MR) is 85.4 cm³/mol. The van der Waals surface area contributed by atoms with Crippen LogP contribution in [0, 0.1) is 0 Å². The van der Waals surface area contributed by atoms with Crippen molar-refractivity contribution in [3.05, 3.63) is 18.2 Å². The summed E-state index contributed by atoms with van der Waals surface area (Å²) in [7, 11) is 1.56. The van der Waals surface area contributed by atoms with Crippen LogP contribution in [0.4, 0.5) is 5.69 Å². The summed E-state index contributed by atoms with van der Waals surface area (Å²) in [5.74, 6) is 0.882. The third-order valence-corrected chi connectivity index (χ3v) is 4.62. The monoisotopic (exact) mass is 289 g/mol. The Morgan fingerprint density at radius 2 is 1.76 bits per heavy atom. The summed E-state index contributed by atoms with van der Waals surface area (Å²) in [5, 5.41) is 3.17. The zero-order valence-electron chi connectivity index (χ0n) is 13.5. The molecule has 114 valence electrons. The van der Waals surface area contributed by atoms with Crippen LogP contribution < -0.4 is 15.5 Å². The van der Waals surface area contributed by atoms with Crippen molar-refractivity contribution in [1.29, 1.82) is 0 Å². The minimum absolute atomic E-state index is 0.323. The van der Waals surface area contributed by atoms with Crippen LogP contribution in [0.3, 0.4) is 0 Å². The largest absolute Gasteiger partial charge is 0.494 e. The molecule has 1 aliphatic carbocycles. The molecule has 21 heavy (non-hydrogen) atoms. The fraction of sp³-hybridized carbons (Fsp3) is 0.625. The van der Waals surface area contributed by atoms with Crippen molar-refractivity contribution in [3.8, 4) is 5.75 Å². The summed E-state index contributed by atoms with van der Waals surface area (Å²) in [4.78, 5) is 0. The fourth-order valence-corrected chi connectivity index (χ4v) is 2.33. The molecule has 0 amide bonds. The Morgan fingerprint density at radius 3 is 2.29 bits per heavy atom. The lowest BCUT2D eigenvalue weighted by atomic mass is 9.79. The van der Waals surface area contributed by atoms with Crippen LogP contribution in [0.15, 0.2) is 18.2 Å². The second-order valence-electron chi connectivity index (χ2n) is 6.91. The van der Waals surface area contributed by atoms with Gasteiger partial charge in [-0.25, -0.2) is 0 Å². The maximum Gasteiger partial charge on any atom is 0.494 e. The average molecular weight is 289 g/mol. The zero-order chi connectivity index (χ0) is 15.3. The number of hydrogen-bond acceptors (Lipinski definition) is 4. The van der Waals surface area contributed by atoms with Gasteiger partial charge in [0.2, 0.25) is 0 Å². The standard InChI is InChI=1S/C16H24BNO3/c1-15(2)16(3,4)21-17(20-15)11-6-9-13(18-5)14(10-11)19-12-7-8-12/h6,9-10,12,18H,7-8H2,1-5H3. The van der Waals surface area contributed by atoms with Crippen molar-refractivity contribution in [2.24, 2.45) is 0 Å². The van der Waals surface area contributed by atoms with Crippen molar-refractivity contribution in [1.82, 2.24) is 0 Å². The second kappa shape index (κ2) is 4.92. The minimum Gasteiger partial charge on any atom is -0.488 e. The summed E-state index contributed by atoms with van der Waals surface area (Å²) >= 11 is 0. The van der Waals surface area contributed by atoms with Gasteiger partial charge in [0.1, 0.15) is 5.75 Å². The first-order valence-electron chi connectivity index (χ1n) is 7.66. The molecular weight excluding hydrogens is 265 g/mol. The highest BCUT2D eigenvalue weighted by molar-refractivity contribution is 6.62. The van der Waals surface area contributed by atoms with E-state index >= 15 is 0 Å². The van der Waals surface area contributed by atoms with Crippen molar-refractivity contribution in [2.45, 2.75) is 57.8 Å². The maximum absolute atomic E-state index is 6.10. The Balaban J connectivity index is 1.86. The summed E-state index contributed by atoms with van der Waals surface area (Å²) < 4.78 is 18.2. The van der Waals surface area contributed by atoms with Crippen LogP contribution in [0.5, 0.6) is 5.75 Å². The van der Waals surface area contributed by atoms with Crippen molar-refractivity contribution in [2.75, 3.05) is 12.4 Å². The average Bonchev–Trinajstić information content (AvgIpc) is 3.17. The van der Waals surface area contributed by atoms with Gasteiger partial charge in [0.15, 0.2) is 0 Å². The Labute approximate surface area is 127 Å². The molecule has 1 aromatic carbocycles. The van der Waals surface area contributed by atoms with Crippen molar-refractivity contribution in [3.63, 3.8) is 0 Å². The predicted octanol–water partition coefficient (Wildman–Crippen LogP) is 2.57. The first-order valence-corrected chi connectivity index (χ1v) is 7.66. The molecule has 1 N–H and O–H groups in total. The topological polar surface area (TPSA) is 39.7 Å². The quantitative estimate of drug-likeness (QED) is 0.865. The molecule has 1 aliphatic heterocycles. The van der Waals surface area contributed by atoms with E-state index in [0.717, 1.165) is 29.7 Å². The molecule has 4 nitrogen and oxygen atoms in total. The molecule has 1 saturated heterocycles. The van der Waals surface area contributed by atoms with E-state index in [1.54, 1.807) is 0 Å². The number of hydrogen-bond donors (Lipinski definition) is 1. The molecule has 1 heterocycles. The first-order chi connectivity index (χ1) is 9.82. The molecule has 0 spiro atoms. The number of rotatable bonds is 4. The lowest BCUT2D eigenvalue weighted by Crippen LogP contribution is -2.41. The summed E-state index contributed by atoms with van der Waals surface area (Å²) in [6.45, 7) is 8.26. The Kier molecular flexibility index (Phi) is 3.45. The molecular formula is C16H24BNO3. The van der Waals surface area contributed by atoms with E-state index in [1.165, 1.54) is 0 Å². The third-order valence-electron chi connectivity index (χ3n) is 4.62. The van der Waals surface area contributed by atoms with Gasteiger partial charge in [0.05, 0.1) is 23.0 Å². The molecule has 0 radical (unpaired) electrons. The van der Waals surface area contributed by atoms with Gasteiger partial charge in [0.25, 0.3) is 0 Å². The molecule has 2 fully saturated rings. The van der Waals surface area contributed by atoms with E-state index in [0.29, 0.717) is 6.10 Å². The van der Waals surface area contributed by atoms with Gasteiger partial charge in [-0.1, -0.05) is 6.07 Å². The van der Waals surface area contributed by atoms with Crippen LogP contribution in [0.25, 0.3) is 0 Å². The summed E-state index contributed by atoms with van der Waals surface area (Å²) in [5.41, 5.74) is 1.36. The van der Waals surface area contributed by atoms with E-state index in [2.05, 4.69) is 33.0 Å². The van der Waals surface area contributed by atoms with E-state index in [1.807, 2.05) is 25.2 Å². The van der Waals surface area contributed by atoms with Gasteiger partial charge < -0.3 is 19.4 Å². The fourth-order valence-electron chi connectivity index (χ4n) is 2.33. The van der Waals surface area contributed by atoms with Crippen LogP contribution in [0.2, 0.25) is 0 Å². The molecule has 1 saturated carbocycles. The maximum atomic E-state index is 6.10. The van der Waals surface area contributed by atoms with Gasteiger partial charge in [-0.3, -0.25) is 0 Å². The van der Waals surface area contributed by atoms with Gasteiger partial charge >= 0.3 is 7.12 Å². The zero-order valence-corrected chi connectivity index (χ0v) is 13.5. The van der Waals surface area contributed by atoms with Gasteiger partial charge in [-0.05, 0) is 58.1 Å². The van der Waals surface area contributed by atoms with Gasteiger partial charge in [-0.2, -0.15) is 0 Å². The van der Waals surface area contributed by atoms with Crippen LogP contribution in [0.1, 0.15) is 40.5 Å². The number of anilines is 1. The van der Waals surface area contributed by atoms with Crippen LogP contribution in [-0.4, -0.2) is 31.5 Å². The van der Waals surface area contributed by atoms with E-state index in [9.17, 15) is 0 Å². The van der Waals surface area contributed by atoms with Crippen molar-refractivity contribution < 1.29 is 14.0 Å². The summed E-state index contributed by atoms with van der Waals surface area (Å²) in [6.07, 6.45) is 2.65. The normalized spacial score (nSPS) is 23.2.